The van der Waals surface area contributed by atoms with Gasteiger partial charge in [-0.15, -0.1) is 6.58 Å². The first kappa shape index (κ1) is 18.0. The molecule has 2 rings (SSSR count). The van der Waals surface area contributed by atoms with Gasteiger partial charge in [0.1, 0.15) is 17.4 Å². The first-order valence-electron chi connectivity index (χ1n) is 7.77. The Morgan fingerprint density at radius 1 is 1.40 bits per heavy atom. The summed E-state index contributed by atoms with van der Waals surface area (Å²) in [5, 5.41) is 19.6. The summed E-state index contributed by atoms with van der Waals surface area (Å²) in [4.78, 5) is 16.5. The summed E-state index contributed by atoms with van der Waals surface area (Å²) < 4.78 is 6.47. The summed E-state index contributed by atoms with van der Waals surface area (Å²) in [7, 11) is 0. The molecule has 2 aromatic rings. The van der Waals surface area contributed by atoms with Crippen molar-refractivity contribution in [1.29, 1.82) is 5.26 Å². The van der Waals surface area contributed by atoms with Gasteiger partial charge in [-0.05, 0) is 43.7 Å². The number of ether oxygens (including phenoxy) is 1. The van der Waals surface area contributed by atoms with E-state index in [2.05, 4.69) is 11.6 Å². The predicted octanol–water partition coefficient (Wildman–Crippen LogP) is 3.07. The summed E-state index contributed by atoms with van der Waals surface area (Å²) in [5.41, 5.74) is 0.803. The largest absolute Gasteiger partial charge is 0.494 e. The number of hydrogen-bond acceptors (Lipinski definition) is 5. The van der Waals surface area contributed by atoms with Gasteiger partial charge in [0.05, 0.1) is 17.9 Å². The Morgan fingerprint density at radius 3 is 2.64 bits per heavy atom. The number of nitrogens with zero attached hydrogens (tertiary/aromatic N) is 3. The zero-order valence-corrected chi connectivity index (χ0v) is 14.2. The fraction of sp³-hybridized carbons (Fsp3) is 0.211. The van der Waals surface area contributed by atoms with Crippen molar-refractivity contribution >= 4 is 11.9 Å². The van der Waals surface area contributed by atoms with Crippen LogP contribution in [0.1, 0.15) is 23.6 Å². The minimum atomic E-state index is -0.546. The van der Waals surface area contributed by atoms with Gasteiger partial charge in [-0.25, -0.2) is 0 Å². The molecule has 0 saturated heterocycles. The molecule has 1 aromatic carbocycles. The molecule has 1 N–H and O–H groups in total. The molecule has 0 bridgehead atoms. The minimum Gasteiger partial charge on any atom is -0.494 e. The normalized spacial score (nSPS) is 10.6. The molecule has 0 radical (unpaired) electrons. The number of pyridine rings is 1. The maximum absolute atomic E-state index is 12.2. The van der Waals surface area contributed by atoms with E-state index in [4.69, 9.17) is 4.74 Å². The second-order valence-corrected chi connectivity index (χ2v) is 5.24. The lowest BCUT2D eigenvalue weighted by molar-refractivity contribution is 0.340. The van der Waals surface area contributed by atoms with Crippen molar-refractivity contribution in [1.82, 2.24) is 4.57 Å². The van der Waals surface area contributed by atoms with Gasteiger partial charge in [-0.1, -0.05) is 6.08 Å². The van der Waals surface area contributed by atoms with Crippen molar-refractivity contribution in [2.75, 3.05) is 6.61 Å². The Balaban J connectivity index is 2.48. The second-order valence-electron chi connectivity index (χ2n) is 5.24. The van der Waals surface area contributed by atoms with Gasteiger partial charge < -0.3 is 9.84 Å². The van der Waals surface area contributed by atoms with E-state index >= 15 is 0 Å². The highest BCUT2D eigenvalue weighted by atomic mass is 16.5. The molecule has 0 unspecified atom stereocenters. The van der Waals surface area contributed by atoms with Gasteiger partial charge >= 0.3 is 0 Å². The van der Waals surface area contributed by atoms with Gasteiger partial charge in [-0.3, -0.25) is 14.4 Å². The Hall–Kier alpha value is -3.33. The number of rotatable bonds is 6. The van der Waals surface area contributed by atoms with Crippen molar-refractivity contribution < 1.29 is 9.84 Å². The molecule has 0 saturated carbocycles. The van der Waals surface area contributed by atoms with Crippen LogP contribution in [0, 0.1) is 18.3 Å². The lowest BCUT2D eigenvalue weighted by Crippen LogP contribution is -2.24. The molecule has 0 spiro atoms. The third-order valence-corrected chi connectivity index (χ3v) is 3.65. The number of nitriles is 1. The number of allylic oxidation sites excluding steroid dienone is 1. The van der Waals surface area contributed by atoms with Crippen LogP contribution in [0.15, 0.2) is 46.7 Å². The van der Waals surface area contributed by atoms with Crippen LogP contribution in [-0.4, -0.2) is 22.5 Å². The highest BCUT2D eigenvalue weighted by Gasteiger charge is 2.17. The van der Waals surface area contributed by atoms with Crippen molar-refractivity contribution in [2.45, 2.75) is 20.4 Å². The van der Waals surface area contributed by atoms with Gasteiger partial charge in [0.25, 0.3) is 5.56 Å². The molecule has 128 valence electrons. The molecule has 1 aromatic heterocycles. The van der Waals surface area contributed by atoms with E-state index in [-0.39, 0.29) is 18.0 Å². The third-order valence-electron chi connectivity index (χ3n) is 3.65. The summed E-state index contributed by atoms with van der Waals surface area (Å²) in [5.74, 6) is 0.503. The van der Waals surface area contributed by atoms with Crippen molar-refractivity contribution in [3.05, 3.63) is 64.0 Å². The molecule has 0 aliphatic carbocycles. The maximum atomic E-state index is 12.2. The average molecular weight is 337 g/mol. The number of hydrogen-bond donors (Lipinski definition) is 1. The van der Waals surface area contributed by atoms with Crippen LogP contribution in [-0.2, 0) is 6.54 Å². The Kier molecular flexibility index (Phi) is 5.75. The monoisotopic (exact) mass is 337 g/mol. The molecular weight excluding hydrogens is 318 g/mol. The van der Waals surface area contributed by atoms with Crippen LogP contribution in [0.5, 0.6) is 11.6 Å². The van der Waals surface area contributed by atoms with Crippen LogP contribution < -0.4 is 10.3 Å². The van der Waals surface area contributed by atoms with E-state index in [9.17, 15) is 15.2 Å². The zero-order valence-electron chi connectivity index (χ0n) is 14.2. The Bertz CT molecular complexity index is 903. The van der Waals surface area contributed by atoms with Crippen LogP contribution in [0.25, 0.3) is 0 Å². The first-order chi connectivity index (χ1) is 12.0. The second kappa shape index (κ2) is 7.97. The van der Waals surface area contributed by atoms with Crippen LogP contribution >= 0.6 is 0 Å². The molecule has 0 fully saturated rings. The molecule has 0 aliphatic rings. The van der Waals surface area contributed by atoms with Gasteiger partial charge in [-0.2, -0.15) is 5.26 Å². The van der Waals surface area contributed by atoms with Gasteiger partial charge in [0.15, 0.2) is 0 Å². The van der Waals surface area contributed by atoms with Crippen LogP contribution in [0.3, 0.4) is 0 Å². The third kappa shape index (κ3) is 3.78. The number of aromatic hydroxyl groups is 1. The van der Waals surface area contributed by atoms with Crippen LogP contribution in [0.4, 0.5) is 5.69 Å². The van der Waals surface area contributed by atoms with Crippen LogP contribution in [0.2, 0.25) is 0 Å². The molecule has 0 amide bonds. The van der Waals surface area contributed by atoms with E-state index in [1.807, 2.05) is 13.0 Å². The number of benzene rings is 1. The molecule has 0 aliphatic heterocycles. The lowest BCUT2D eigenvalue weighted by atomic mass is 10.1. The fourth-order valence-corrected chi connectivity index (χ4v) is 2.36. The zero-order chi connectivity index (χ0) is 18.4. The van der Waals surface area contributed by atoms with Gasteiger partial charge in [0.2, 0.25) is 5.88 Å². The molecular formula is C19H19N3O3. The smallest absolute Gasteiger partial charge is 0.271 e. The minimum absolute atomic E-state index is 0.0206. The molecule has 1 heterocycles. The summed E-state index contributed by atoms with van der Waals surface area (Å²) in [6.45, 7) is 7.76. The van der Waals surface area contributed by atoms with E-state index in [1.54, 1.807) is 31.2 Å². The summed E-state index contributed by atoms with van der Waals surface area (Å²) in [6, 6.07) is 9.03. The number of aromatic nitrogens is 1. The highest BCUT2D eigenvalue weighted by molar-refractivity contribution is 5.87. The standard InChI is InChI=1S/C19H19N3O3/c1-4-10-22-18(23)16(11-20)13(3)17(19(22)24)12-21-14-6-8-15(9-7-14)25-5-2/h4,6-9,12,24H,1,5,10H2,2-3H3. The van der Waals surface area contributed by atoms with Crippen molar-refractivity contribution in [3.8, 4) is 17.7 Å². The highest BCUT2D eigenvalue weighted by Crippen LogP contribution is 2.22. The summed E-state index contributed by atoms with van der Waals surface area (Å²) in [6.07, 6.45) is 2.92. The SMILES string of the molecule is C=CCn1c(O)c(C=Nc2ccc(OCC)cc2)c(C)c(C#N)c1=O. The molecule has 0 atom stereocenters. The van der Waals surface area contributed by atoms with Crippen molar-refractivity contribution in [2.24, 2.45) is 4.99 Å². The Morgan fingerprint density at radius 2 is 2.08 bits per heavy atom. The lowest BCUT2D eigenvalue weighted by Gasteiger charge is -2.12. The van der Waals surface area contributed by atoms with E-state index in [0.717, 1.165) is 10.3 Å². The van der Waals surface area contributed by atoms with Crippen molar-refractivity contribution in [3.63, 3.8) is 0 Å². The van der Waals surface area contributed by atoms with E-state index in [1.165, 1.54) is 12.3 Å². The van der Waals surface area contributed by atoms with E-state index in [0.29, 0.717) is 23.4 Å². The average Bonchev–Trinajstić information content (AvgIpc) is 2.60. The molecule has 6 nitrogen and oxygen atoms in total. The quantitative estimate of drug-likeness (QED) is 0.648. The van der Waals surface area contributed by atoms with E-state index < -0.39 is 5.56 Å². The maximum Gasteiger partial charge on any atom is 0.271 e. The Labute approximate surface area is 146 Å². The summed E-state index contributed by atoms with van der Waals surface area (Å²) >= 11 is 0. The van der Waals surface area contributed by atoms with Gasteiger partial charge in [0, 0.05) is 12.8 Å². The number of aliphatic imine (C=N–C) groups is 1. The predicted molar refractivity (Wildman–Crippen MR) is 96.9 cm³/mol. The fourth-order valence-electron chi connectivity index (χ4n) is 2.36. The molecule has 6 heteroatoms. The first-order valence-corrected chi connectivity index (χ1v) is 7.77. The topological polar surface area (TPSA) is 87.6 Å². The molecule has 25 heavy (non-hydrogen) atoms.